The van der Waals surface area contributed by atoms with Gasteiger partial charge in [0, 0.05) is 13.7 Å². The van der Waals surface area contributed by atoms with Crippen molar-refractivity contribution in [3.05, 3.63) is 0 Å². The predicted octanol–water partition coefficient (Wildman–Crippen LogP) is 2.92. The molecule has 0 aromatic carbocycles. The smallest absolute Gasteiger partial charge is 0.207 e. The summed E-state index contributed by atoms with van der Waals surface area (Å²) in [5.41, 5.74) is 0. The molecule has 17 heavy (non-hydrogen) atoms. The van der Waals surface area contributed by atoms with Crippen molar-refractivity contribution >= 4 is 58.0 Å². The zero-order valence-corrected chi connectivity index (χ0v) is 13.1. The highest BCUT2D eigenvalue weighted by atomic mass is 35.6. The quantitative estimate of drug-likeness (QED) is 0.798. The molecule has 0 radical (unpaired) electrons. The molecule has 1 heterocycles. The van der Waals surface area contributed by atoms with E-state index in [1.807, 2.05) is 6.92 Å². The summed E-state index contributed by atoms with van der Waals surface area (Å²) in [7, 11) is 1.51. The van der Waals surface area contributed by atoms with Crippen molar-refractivity contribution in [2.24, 2.45) is 0 Å². The van der Waals surface area contributed by atoms with Crippen LogP contribution < -0.4 is 5.32 Å². The lowest BCUT2D eigenvalue weighted by Gasteiger charge is -2.44. The molecule has 8 heteroatoms. The van der Waals surface area contributed by atoms with Crippen LogP contribution in [0.2, 0.25) is 0 Å². The van der Waals surface area contributed by atoms with Crippen LogP contribution in [0.4, 0.5) is 0 Å². The van der Waals surface area contributed by atoms with E-state index in [1.54, 1.807) is 0 Å². The van der Waals surface area contributed by atoms with Crippen LogP contribution in [0.1, 0.15) is 6.92 Å². The lowest BCUT2D eigenvalue weighted by atomic mass is 10.00. The fourth-order valence-corrected chi connectivity index (χ4v) is 3.51. The number of nitrogens with one attached hydrogen (secondary N) is 1. The van der Waals surface area contributed by atoms with Gasteiger partial charge in [0.05, 0.1) is 17.5 Å². The highest BCUT2D eigenvalue weighted by molar-refractivity contribution is 6.68. The maximum atomic E-state index is 6.25. The highest BCUT2D eigenvalue weighted by Crippen LogP contribution is 2.39. The number of piperidine rings is 1. The number of ether oxygens (including phenoxy) is 2. The van der Waals surface area contributed by atoms with Crippen LogP contribution in [-0.4, -0.2) is 46.6 Å². The van der Waals surface area contributed by atoms with Crippen molar-refractivity contribution in [3.63, 3.8) is 0 Å². The average Bonchev–Trinajstić information content (AvgIpc) is 2.22. The molecular weight excluding hydrogens is 331 g/mol. The standard InChI is InChI=1S/C9H14Cl5NO2/c1-3-17-6-4(10)7(9(12,13)14)15-8(16-2)5(6)11/h4-8,15H,3H2,1-2H3. The van der Waals surface area contributed by atoms with Gasteiger partial charge in [0.25, 0.3) is 0 Å². The van der Waals surface area contributed by atoms with Gasteiger partial charge in [0.2, 0.25) is 3.79 Å². The Labute approximate surface area is 126 Å². The molecule has 102 valence electrons. The highest BCUT2D eigenvalue weighted by Gasteiger charge is 2.50. The lowest BCUT2D eigenvalue weighted by Crippen LogP contribution is -2.66. The topological polar surface area (TPSA) is 30.5 Å². The second kappa shape index (κ2) is 6.67. The molecule has 0 bridgehead atoms. The molecule has 3 nitrogen and oxygen atoms in total. The van der Waals surface area contributed by atoms with Crippen molar-refractivity contribution in [1.82, 2.24) is 5.32 Å². The molecule has 5 unspecified atom stereocenters. The van der Waals surface area contributed by atoms with Crippen molar-refractivity contribution < 1.29 is 9.47 Å². The van der Waals surface area contributed by atoms with Gasteiger partial charge in [0.15, 0.2) is 0 Å². The van der Waals surface area contributed by atoms with Crippen molar-refractivity contribution in [1.29, 1.82) is 0 Å². The van der Waals surface area contributed by atoms with Gasteiger partial charge in [0.1, 0.15) is 11.6 Å². The molecular formula is C9H14Cl5NO2. The van der Waals surface area contributed by atoms with Crippen LogP contribution in [0.25, 0.3) is 0 Å². The summed E-state index contributed by atoms with van der Waals surface area (Å²) in [5, 5.41) is 1.96. The Balaban J connectivity index is 2.89. The second-order valence-electron chi connectivity index (χ2n) is 3.65. The number of alkyl halides is 5. The zero-order chi connectivity index (χ0) is 13.2. The van der Waals surface area contributed by atoms with E-state index in [2.05, 4.69) is 5.32 Å². The van der Waals surface area contributed by atoms with E-state index in [1.165, 1.54) is 7.11 Å². The van der Waals surface area contributed by atoms with Crippen LogP contribution in [0.15, 0.2) is 0 Å². The van der Waals surface area contributed by atoms with Crippen LogP contribution in [0.3, 0.4) is 0 Å². The molecule has 1 aliphatic heterocycles. The monoisotopic (exact) mass is 343 g/mol. The van der Waals surface area contributed by atoms with Gasteiger partial charge in [-0.15, -0.1) is 23.2 Å². The van der Waals surface area contributed by atoms with Crippen molar-refractivity contribution in [2.45, 2.75) is 39.8 Å². The fraction of sp³-hybridized carbons (Fsp3) is 1.00. The molecule has 1 rings (SSSR count). The van der Waals surface area contributed by atoms with E-state index in [0.29, 0.717) is 6.61 Å². The number of methoxy groups -OCH3 is 1. The van der Waals surface area contributed by atoms with Crippen LogP contribution in [-0.2, 0) is 9.47 Å². The first-order valence-electron chi connectivity index (χ1n) is 5.08. The Morgan fingerprint density at radius 1 is 1.18 bits per heavy atom. The zero-order valence-electron chi connectivity index (χ0n) is 9.30. The summed E-state index contributed by atoms with van der Waals surface area (Å²) in [5.74, 6) is 0. The van der Waals surface area contributed by atoms with Gasteiger partial charge < -0.3 is 9.47 Å². The molecule has 0 spiro atoms. The number of halogens is 5. The summed E-state index contributed by atoms with van der Waals surface area (Å²) in [4.78, 5) is 0. The minimum atomic E-state index is -1.56. The van der Waals surface area contributed by atoms with Crippen LogP contribution in [0.5, 0.6) is 0 Å². The second-order valence-corrected chi connectivity index (χ2v) is 7.03. The van der Waals surface area contributed by atoms with Crippen LogP contribution in [0, 0.1) is 0 Å². The number of rotatable bonds is 3. The predicted molar refractivity (Wildman–Crippen MR) is 72.7 cm³/mol. The summed E-state index contributed by atoms with van der Waals surface area (Å²) in [6, 6.07) is -0.606. The van der Waals surface area contributed by atoms with E-state index >= 15 is 0 Å². The summed E-state index contributed by atoms with van der Waals surface area (Å²) < 4.78 is 9.14. The van der Waals surface area contributed by atoms with E-state index in [4.69, 9.17) is 67.5 Å². The first-order valence-corrected chi connectivity index (χ1v) is 7.08. The lowest BCUT2D eigenvalue weighted by molar-refractivity contribution is -0.0408. The van der Waals surface area contributed by atoms with E-state index in [0.717, 1.165) is 0 Å². The minimum Gasteiger partial charge on any atom is -0.375 e. The third-order valence-corrected chi connectivity index (χ3v) is 4.23. The molecule has 5 atom stereocenters. The molecule has 0 aliphatic carbocycles. The molecule has 1 saturated heterocycles. The average molecular weight is 345 g/mol. The Hall–Kier alpha value is 1.33. The summed E-state index contributed by atoms with van der Waals surface area (Å²) >= 11 is 30.1. The van der Waals surface area contributed by atoms with Gasteiger partial charge in [-0.05, 0) is 6.92 Å². The van der Waals surface area contributed by atoms with E-state index < -0.39 is 32.9 Å². The van der Waals surface area contributed by atoms with Gasteiger partial charge in [-0.25, -0.2) is 0 Å². The van der Waals surface area contributed by atoms with Crippen molar-refractivity contribution in [3.8, 4) is 0 Å². The fourth-order valence-electron chi connectivity index (χ4n) is 1.75. The first kappa shape index (κ1) is 16.4. The normalized spacial score (nSPS) is 39.4. The Bertz CT molecular complexity index is 250. The molecule has 1 aliphatic rings. The third-order valence-electron chi connectivity index (χ3n) is 2.54. The Kier molecular flexibility index (Phi) is 6.42. The van der Waals surface area contributed by atoms with E-state index in [-0.39, 0.29) is 0 Å². The maximum absolute atomic E-state index is 6.25. The van der Waals surface area contributed by atoms with E-state index in [9.17, 15) is 0 Å². The van der Waals surface area contributed by atoms with Gasteiger partial charge >= 0.3 is 0 Å². The van der Waals surface area contributed by atoms with Crippen molar-refractivity contribution in [2.75, 3.05) is 13.7 Å². The minimum absolute atomic E-state index is 0.449. The molecule has 0 aromatic rings. The third kappa shape index (κ3) is 3.90. The number of hydrogen-bond acceptors (Lipinski definition) is 3. The molecule has 1 fully saturated rings. The Morgan fingerprint density at radius 3 is 2.18 bits per heavy atom. The number of hydrogen-bond donors (Lipinski definition) is 1. The Morgan fingerprint density at radius 2 is 1.76 bits per heavy atom. The van der Waals surface area contributed by atoms with Crippen LogP contribution >= 0.6 is 58.0 Å². The SMILES string of the molecule is CCOC1C(Cl)C(OC)NC(C(Cl)(Cl)Cl)C1Cl. The van der Waals surface area contributed by atoms with Gasteiger partial charge in [-0.2, -0.15) is 0 Å². The summed E-state index contributed by atoms with van der Waals surface area (Å²) in [6.07, 6.45) is -0.931. The van der Waals surface area contributed by atoms with Gasteiger partial charge in [-0.1, -0.05) is 34.8 Å². The van der Waals surface area contributed by atoms with Gasteiger partial charge in [-0.3, -0.25) is 5.32 Å². The molecule has 0 amide bonds. The molecule has 1 N–H and O–H groups in total. The summed E-state index contributed by atoms with van der Waals surface area (Å²) in [6.45, 7) is 2.32. The largest absolute Gasteiger partial charge is 0.375 e. The first-order chi connectivity index (χ1) is 7.82. The molecule has 0 aromatic heterocycles. The molecule has 0 saturated carbocycles. The maximum Gasteiger partial charge on any atom is 0.207 e.